The van der Waals surface area contributed by atoms with Crippen molar-refractivity contribution in [2.24, 2.45) is 0 Å². The van der Waals surface area contributed by atoms with Crippen LogP contribution in [-0.4, -0.2) is 27.5 Å². The number of nitrogens with one attached hydrogen (secondary N) is 1. The first kappa shape index (κ1) is 14.6. The van der Waals surface area contributed by atoms with Crippen molar-refractivity contribution in [2.45, 2.75) is 25.1 Å². The normalized spacial score (nSPS) is 11.0. The standard InChI is InChI=1S/C13H17NO3S/c1-13(2,12(16)17)18-9-11(15)14-8-10-6-4-3-5-7-10/h3-7H,8-9H2,1-2H3,(H,14,15)(H,16,17). The van der Waals surface area contributed by atoms with Crippen LogP contribution < -0.4 is 5.32 Å². The topological polar surface area (TPSA) is 66.4 Å². The molecule has 1 rings (SSSR count). The fourth-order valence-corrected chi connectivity index (χ4v) is 1.87. The van der Waals surface area contributed by atoms with E-state index in [-0.39, 0.29) is 11.7 Å². The molecule has 0 spiro atoms. The highest BCUT2D eigenvalue weighted by atomic mass is 32.2. The highest BCUT2D eigenvalue weighted by molar-refractivity contribution is 8.01. The minimum absolute atomic E-state index is 0.145. The number of carbonyl (C=O) groups is 2. The van der Waals surface area contributed by atoms with Gasteiger partial charge in [0.05, 0.1) is 5.75 Å². The van der Waals surface area contributed by atoms with Crippen molar-refractivity contribution in [1.82, 2.24) is 5.32 Å². The zero-order chi connectivity index (χ0) is 13.6. The summed E-state index contributed by atoms with van der Waals surface area (Å²) in [5.74, 6) is -0.923. The molecule has 0 unspecified atom stereocenters. The molecule has 0 heterocycles. The molecule has 5 heteroatoms. The molecule has 1 aromatic rings. The summed E-state index contributed by atoms with van der Waals surface area (Å²) in [7, 11) is 0. The smallest absolute Gasteiger partial charge is 0.319 e. The number of carboxylic acids is 1. The summed E-state index contributed by atoms with van der Waals surface area (Å²) in [6.45, 7) is 3.64. The maximum absolute atomic E-state index is 11.6. The van der Waals surface area contributed by atoms with Gasteiger partial charge >= 0.3 is 5.97 Å². The Bertz CT molecular complexity index is 418. The molecule has 0 aliphatic heterocycles. The second kappa shape index (κ2) is 6.44. The molecule has 0 bridgehead atoms. The van der Waals surface area contributed by atoms with Gasteiger partial charge in [0.25, 0.3) is 0 Å². The summed E-state index contributed by atoms with van der Waals surface area (Å²) in [6, 6.07) is 9.58. The molecule has 0 aliphatic rings. The Morgan fingerprint density at radius 2 is 1.89 bits per heavy atom. The van der Waals surface area contributed by atoms with Crippen LogP contribution in [0.1, 0.15) is 19.4 Å². The van der Waals surface area contributed by atoms with Crippen LogP contribution in [0.2, 0.25) is 0 Å². The van der Waals surface area contributed by atoms with E-state index < -0.39 is 10.7 Å². The van der Waals surface area contributed by atoms with Gasteiger partial charge in [0.1, 0.15) is 4.75 Å². The van der Waals surface area contributed by atoms with Crippen molar-refractivity contribution in [3.63, 3.8) is 0 Å². The van der Waals surface area contributed by atoms with Gasteiger partial charge in [0, 0.05) is 6.54 Å². The van der Waals surface area contributed by atoms with Gasteiger partial charge in [-0.2, -0.15) is 0 Å². The van der Waals surface area contributed by atoms with Crippen molar-refractivity contribution in [1.29, 1.82) is 0 Å². The summed E-state index contributed by atoms with van der Waals surface area (Å²) in [5.41, 5.74) is 1.02. The molecule has 0 atom stereocenters. The third kappa shape index (κ3) is 4.79. The summed E-state index contributed by atoms with van der Waals surface area (Å²) in [5, 5.41) is 11.7. The zero-order valence-corrected chi connectivity index (χ0v) is 11.3. The molecule has 0 radical (unpaired) electrons. The van der Waals surface area contributed by atoms with Gasteiger partial charge in [-0.3, -0.25) is 9.59 Å². The molecule has 2 N–H and O–H groups in total. The van der Waals surface area contributed by atoms with Crippen LogP contribution in [0, 0.1) is 0 Å². The Morgan fingerprint density at radius 1 is 1.28 bits per heavy atom. The van der Waals surface area contributed by atoms with Gasteiger partial charge in [-0.05, 0) is 19.4 Å². The van der Waals surface area contributed by atoms with E-state index in [9.17, 15) is 9.59 Å². The van der Waals surface area contributed by atoms with Gasteiger partial charge in [-0.1, -0.05) is 30.3 Å². The van der Waals surface area contributed by atoms with Crippen LogP contribution in [0.25, 0.3) is 0 Å². The Hall–Kier alpha value is -1.49. The van der Waals surface area contributed by atoms with Gasteiger partial charge in [0.15, 0.2) is 0 Å². The van der Waals surface area contributed by atoms with Gasteiger partial charge in [-0.15, -0.1) is 11.8 Å². The fourth-order valence-electron chi connectivity index (χ4n) is 1.16. The molecule has 0 aliphatic carbocycles. The summed E-state index contributed by atoms with van der Waals surface area (Å²) in [4.78, 5) is 22.4. The first-order valence-corrected chi connectivity index (χ1v) is 6.58. The fraction of sp³-hybridized carbons (Fsp3) is 0.385. The highest BCUT2D eigenvalue weighted by Gasteiger charge is 2.28. The number of hydrogen-bond donors (Lipinski definition) is 2. The number of carboxylic acid groups (broad SMARTS) is 1. The Labute approximate surface area is 111 Å². The predicted octanol–water partition coefficient (Wildman–Crippen LogP) is 1.90. The van der Waals surface area contributed by atoms with E-state index in [1.807, 2.05) is 30.3 Å². The maximum Gasteiger partial charge on any atom is 0.319 e. The van der Waals surface area contributed by atoms with Crippen molar-refractivity contribution in [3.05, 3.63) is 35.9 Å². The average Bonchev–Trinajstić information content (AvgIpc) is 2.35. The van der Waals surface area contributed by atoms with Gasteiger partial charge < -0.3 is 10.4 Å². The van der Waals surface area contributed by atoms with Crippen molar-refractivity contribution in [2.75, 3.05) is 5.75 Å². The molecule has 1 amide bonds. The number of benzene rings is 1. The van der Waals surface area contributed by atoms with E-state index >= 15 is 0 Å². The predicted molar refractivity (Wildman–Crippen MR) is 72.5 cm³/mol. The molecule has 18 heavy (non-hydrogen) atoms. The van der Waals surface area contributed by atoms with Crippen molar-refractivity contribution in [3.8, 4) is 0 Å². The highest BCUT2D eigenvalue weighted by Crippen LogP contribution is 2.23. The second-order valence-corrected chi connectivity index (χ2v) is 5.96. The zero-order valence-electron chi connectivity index (χ0n) is 10.5. The molecule has 0 aromatic heterocycles. The Balaban J connectivity index is 2.33. The molecular weight excluding hydrogens is 250 g/mol. The van der Waals surface area contributed by atoms with Crippen molar-refractivity contribution < 1.29 is 14.7 Å². The lowest BCUT2D eigenvalue weighted by atomic mass is 10.2. The molecule has 0 saturated heterocycles. The lowest BCUT2D eigenvalue weighted by Crippen LogP contribution is -2.31. The first-order valence-electron chi connectivity index (χ1n) is 5.60. The number of carbonyl (C=O) groups excluding carboxylic acids is 1. The minimum Gasteiger partial charge on any atom is -0.480 e. The number of aliphatic carboxylic acids is 1. The monoisotopic (exact) mass is 267 g/mol. The minimum atomic E-state index is -0.940. The summed E-state index contributed by atoms with van der Waals surface area (Å²) >= 11 is 1.12. The molecular formula is C13H17NO3S. The number of hydrogen-bond acceptors (Lipinski definition) is 3. The summed E-state index contributed by atoms with van der Waals surface area (Å²) in [6.07, 6.45) is 0. The van der Waals surface area contributed by atoms with Gasteiger partial charge in [-0.25, -0.2) is 0 Å². The second-order valence-electron chi connectivity index (χ2n) is 4.37. The molecule has 0 fully saturated rings. The quantitative estimate of drug-likeness (QED) is 0.826. The van der Waals surface area contributed by atoms with E-state index in [2.05, 4.69) is 5.32 Å². The van der Waals surface area contributed by atoms with Crippen LogP contribution in [0.4, 0.5) is 0 Å². The first-order chi connectivity index (χ1) is 8.42. The van der Waals surface area contributed by atoms with E-state index in [0.29, 0.717) is 6.54 Å². The third-order valence-electron chi connectivity index (χ3n) is 2.41. The molecule has 98 valence electrons. The molecule has 0 saturated carbocycles. The Morgan fingerprint density at radius 3 is 2.44 bits per heavy atom. The van der Waals surface area contributed by atoms with E-state index in [1.165, 1.54) is 0 Å². The van der Waals surface area contributed by atoms with E-state index in [0.717, 1.165) is 17.3 Å². The van der Waals surface area contributed by atoms with E-state index in [4.69, 9.17) is 5.11 Å². The maximum atomic E-state index is 11.6. The van der Waals surface area contributed by atoms with Crippen LogP contribution in [-0.2, 0) is 16.1 Å². The Kier molecular flexibility index (Phi) is 5.22. The lowest BCUT2D eigenvalue weighted by Gasteiger charge is -2.17. The van der Waals surface area contributed by atoms with Crippen LogP contribution >= 0.6 is 11.8 Å². The number of rotatable bonds is 6. The van der Waals surface area contributed by atoms with Crippen LogP contribution in [0.15, 0.2) is 30.3 Å². The largest absolute Gasteiger partial charge is 0.480 e. The van der Waals surface area contributed by atoms with Crippen LogP contribution in [0.3, 0.4) is 0 Å². The van der Waals surface area contributed by atoms with Crippen molar-refractivity contribution >= 4 is 23.6 Å². The van der Waals surface area contributed by atoms with E-state index in [1.54, 1.807) is 13.8 Å². The molecule has 4 nitrogen and oxygen atoms in total. The molecule has 1 aromatic carbocycles. The number of thioether (sulfide) groups is 1. The average molecular weight is 267 g/mol. The summed E-state index contributed by atoms with van der Waals surface area (Å²) < 4.78 is -0.940. The van der Waals surface area contributed by atoms with Crippen LogP contribution in [0.5, 0.6) is 0 Å². The third-order valence-corrected chi connectivity index (χ3v) is 3.71. The SMILES string of the molecule is CC(C)(SCC(=O)NCc1ccccc1)C(=O)O. The van der Waals surface area contributed by atoms with Gasteiger partial charge in [0.2, 0.25) is 5.91 Å². The number of amides is 1. The lowest BCUT2D eigenvalue weighted by molar-refractivity contribution is -0.138.